The molecule has 3 heterocycles. The van der Waals surface area contributed by atoms with E-state index in [9.17, 15) is 4.79 Å². The number of nitrogen functional groups attached to an aromatic ring is 1. The first-order chi connectivity index (χ1) is 17.9. The summed E-state index contributed by atoms with van der Waals surface area (Å²) in [4.78, 5) is 19.4. The normalized spacial score (nSPS) is 18.6. The average Bonchev–Trinajstić information content (AvgIpc) is 3.46. The van der Waals surface area contributed by atoms with Gasteiger partial charge < -0.3 is 15.4 Å². The molecule has 0 amide bonds. The van der Waals surface area contributed by atoms with Crippen molar-refractivity contribution in [2.45, 2.75) is 50.2 Å². The number of nitrogens with two attached hydrogens (primary N) is 1. The standard InChI is InChI=1S/C27H33I3N5O2P/c1-17(27(28,29)30)35-15-21(25(36)37-3)22(33-35)10-6-8-18-7-4-5-9-19(18)20-11-13-32-24(23(20)31)34-14-12-26(2,38)16-34/h4-5,7,9,11,13,15,17H,6,8,10,12,14,16,31,38H2,1-3H3. The van der Waals surface area contributed by atoms with Crippen LogP contribution >= 0.6 is 77.0 Å². The Bertz CT molecular complexity index is 1310. The molecule has 1 aromatic carbocycles. The van der Waals surface area contributed by atoms with Crippen LogP contribution in [0.25, 0.3) is 11.1 Å². The number of esters is 1. The van der Waals surface area contributed by atoms with Crippen molar-refractivity contribution in [3.8, 4) is 11.1 Å². The van der Waals surface area contributed by atoms with E-state index < -0.39 is 0 Å². The molecule has 204 valence electrons. The van der Waals surface area contributed by atoms with Crippen LogP contribution in [-0.4, -0.2) is 45.5 Å². The number of alkyl halides is 3. The Morgan fingerprint density at radius 1 is 1.24 bits per heavy atom. The van der Waals surface area contributed by atoms with Gasteiger partial charge in [-0.2, -0.15) is 5.10 Å². The second-order valence-electron chi connectivity index (χ2n) is 10.1. The maximum atomic E-state index is 12.5. The first kappa shape index (κ1) is 30.2. The fourth-order valence-corrected chi connectivity index (χ4v) is 6.01. The summed E-state index contributed by atoms with van der Waals surface area (Å²) in [5.41, 5.74) is 12.1. The van der Waals surface area contributed by atoms with Crippen molar-refractivity contribution in [3.05, 3.63) is 59.5 Å². The van der Waals surface area contributed by atoms with Gasteiger partial charge in [-0.05, 0) is 49.8 Å². The molecule has 3 atom stereocenters. The molecule has 11 heteroatoms. The first-order valence-corrected chi connectivity index (χ1v) is 16.3. The fraction of sp³-hybridized carbons (Fsp3) is 0.444. The lowest BCUT2D eigenvalue weighted by Gasteiger charge is -2.23. The van der Waals surface area contributed by atoms with Gasteiger partial charge in [-0.25, -0.2) is 9.78 Å². The van der Waals surface area contributed by atoms with Crippen molar-refractivity contribution in [1.82, 2.24) is 14.8 Å². The van der Waals surface area contributed by atoms with Crippen LogP contribution in [0.15, 0.2) is 42.7 Å². The molecule has 1 fully saturated rings. The number of halogens is 3. The zero-order valence-corrected chi connectivity index (χ0v) is 29.4. The van der Waals surface area contributed by atoms with Crippen LogP contribution in [-0.2, 0) is 17.6 Å². The van der Waals surface area contributed by atoms with Crippen LogP contribution in [0.1, 0.15) is 54.3 Å². The van der Waals surface area contributed by atoms with Crippen molar-refractivity contribution >= 4 is 94.5 Å². The highest BCUT2D eigenvalue weighted by molar-refractivity contribution is 14.3. The van der Waals surface area contributed by atoms with E-state index in [0.29, 0.717) is 12.0 Å². The summed E-state index contributed by atoms with van der Waals surface area (Å²) < 4.78 is 6.87. The minimum absolute atomic E-state index is 0.0735. The van der Waals surface area contributed by atoms with Gasteiger partial charge in [0.25, 0.3) is 0 Å². The number of hydrogen-bond donors (Lipinski definition) is 1. The lowest BCUT2D eigenvalue weighted by Crippen LogP contribution is -2.26. The number of rotatable bonds is 9. The Hall–Kier alpha value is -0.730. The SMILES string of the molecule is COC(=O)c1cn(C(C)C(I)(I)I)nc1CCCc1ccccc1-c1ccnc(N2CCC(C)(P)C2)c1N. The maximum absolute atomic E-state index is 12.5. The molecule has 0 radical (unpaired) electrons. The van der Waals surface area contributed by atoms with Gasteiger partial charge in [0, 0.05) is 36.2 Å². The number of methoxy groups -OCH3 is 1. The molecule has 0 spiro atoms. The Morgan fingerprint density at radius 2 is 1.97 bits per heavy atom. The van der Waals surface area contributed by atoms with E-state index in [1.54, 1.807) is 0 Å². The van der Waals surface area contributed by atoms with Crippen molar-refractivity contribution in [1.29, 1.82) is 0 Å². The highest BCUT2D eigenvalue weighted by Crippen LogP contribution is 2.45. The van der Waals surface area contributed by atoms with E-state index in [1.807, 2.05) is 23.1 Å². The lowest BCUT2D eigenvalue weighted by molar-refractivity contribution is 0.0599. The number of anilines is 2. The number of carbonyl (C=O) groups is 1. The molecule has 0 bridgehead atoms. The minimum atomic E-state index is -0.347. The number of benzene rings is 1. The third-order valence-electron chi connectivity index (χ3n) is 7.03. The maximum Gasteiger partial charge on any atom is 0.341 e. The summed E-state index contributed by atoms with van der Waals surface area (Å²) in [5, 5.41) is 4.99. The fourth-order valence-electron chi connectivity index (χ4n) is 4.80. The van der Waals surface area contributed by atoms with Gasteiger partial charge >= 0.3 is 5.97 Å². The highest BCUT2D eigenvalue weighted by atomic mass is 127. The summed E-state index contributed by atoms with van der Waals surface area (Å²) >= 11 is 7.19. The van der Waals surface area contributed by atoms with Gasteiger partial charge in [0.1, 0.15) is 5.00 Å². The Labute approximate surface area is 268 Å². The van der Waals surface area contributed by atoms with E-state index in [0.717, 1.165) is 60.7 Å². The van der Waals surface area contributed by atoms with Gasteiger partial charge in [-0.3, -0.25) is 4.68 Å². The van der Waals surface area contributed by atoms with Gasteiger partial charge in [0.05, 0.1) is 24.5 Å². The zero-order chi connectivity index (χ0) is 27.7. The van der Waals surface area contributed by atoms with Crippen molar-refractivity contribution in [2.75, 3.05) is 30.8 Å². The molecular weight excluding hydrogens is 838 g/mol. The molecule has 4 rings (SSSR count). The molecule has 7 nitrogen and oxygen atoms in total. The van der Waals surface area contributed by atoms with Gasteiger partial charge in [-0.1, -0.05) is 99.0 Å². The second-order valence-corrected chi connectivity index (χ2v) is 22.8. The largest absolute Gasteiger partial charge is 0.465 e. The molecule has 38 heavy (non-hydrogen) atoms. The van der Waals surface area contributed by atoms with E-state index in [1.165, 1.54) is 12.7 Å². The van der Waals surface area contributed by atoms with Crippen LogP contribution < -0.4 is 10.6 Å². The number of aromatic nitrogens is 3. The number of hydrogen-bond acceptors (Lipinski definition) is 6. The van der Waals surface area contributed by atoms with Crippen molar-refractivity contribution in [2.24, 2.45) is 0 Å². The molecule has 0 saturated carbocycles. The number of pyridine rings is 1. The van der Waals surface area contributed by atoms with Crippen molar-refractivity contribution < 1.29 is 9.53 Å². The number of ether oxygens (including phenoxy) is 1. The number of aryl methyl sites for hydroxylation is 2. The topological polar surface area (TPSA) is 86.3 Å². The summed E-state index contributed by atoms with van der Waals surface area (Å²) in [7, 11) is 4.38. The second kappa shape index (κ2) is 12.4. The average molecular weight is 871 g/mol. The third-order valence-corrected chi connectivity index (χ3v) is 10.2. The lowest BCUT2D eigenvalue weighted by atomic mass is 9.95. The monoisotopic (exact) mass is 871 g/mol. The van der Waals surface area contributed by atoms with E-state index in [2.05, 4.69) is 125 Å². The van der Waals surface area contributed by atoms with Crippen LogP contribution in [0.2, 0.25) is 0 Å². The summed E-state index contributed by atoms with van der Waals surface area (Å²) in [5.74, 6) is 0.517. The highest BCUT2D eigenvalue weighted by Gasteiger charge is 2.32. The van der Waals surface area contributed by atoms with Crippen LogP contribution in [0.4, 0.5) is 11.5 Å². The zero-order valence-electron chi connectivity index (χ0n) is 21.8. The van der Waals surface area contributed by atoms with E-state index in [-0.39, 0.29) is 16.6 Å². The molecular formula is C27H33I3N5O2P. The van der Waals surface area contributed by atoms with Crippen LogP contribution in [0.5, 0.6) is 0 Å². The summed E-state index contributed by atoms with van der Waals surface area (Å²) in [6.07, 6.45) is 7.12. The predicted molar refractivity (Wildman–Crippen MR) is 184 cm³/mol. The molecule has 2 N–H and O–H groups in total. The molecule has 0 aliphatic carbocycles. The minimum Gasteiger partial charge on any atom is -0.465 e. The quantitative estimate of drug-likeness (QED) is 0.110. The Morgan fingerprint density at radius 3 is 2.63 bits per heavy atom. The molecule has 3 unspecified atom stereocenters. The first-order valence-electron chi connectivity index (χ1n) is 12.5. The van der Waals surface area contributed by atoms with Gasteiger partial charge in [-0.15, -0.1) is 9.24 Å². The smallest absolute Gasteiger partial charge is 0.341 e. The summed E-state index contributed by atoms with van der Waals surface area (Å²) in [6.45, 7) is 6.23. The Balaban J connectivity index is 1.55. The van der Waals surface area contributed by atoms with E-state index in [4.69, 9.17) is 15.6 Å². The molecule has 2 aromatic heterocycles. The number of nitrogens with zero attached hydrogens (tertiary/aromatic N) is 4. The van der Waals surface area contributed by atoms with Crippen LogP contribution in [0, 0.1) is 0 Å². The Kier molecular flexibility index (Phi) is 9.88. The molecule has 1 aliphatic heterocycles. The molecule has 1 aliphatic rings. The van der Waals surface area contributed by atoms with Crippen LogP contribution in [0.3, 0.4) is 0 Å². The molecule has 3 aromatic rings. The van der Waals surface area contributed by atoms with Gasteiger partial charge in [0.2, 0.25) is 0 Å². The van der Waals surface area contributed by atoms with Crippen molar-refractivity contribution in [3.63, 3.8) is 0 Å². The predicted octanol–water partition coefficient (Wildman–Crippen LogP) is 6.85. The van der Waals surface area contributed by atoms with Gasteiger partial charge in [0.15, 0.2) is 5.82 Å². The third kappa shape index (κ3) is 6.94. The number of carbonyl (C=O) groups excluding carboxylic acids is 1. The summed E-state index contributed by atoms with van der Waals surface area (Å²) in [6, 6.07) is 10.5. The molecule has 1 saturated heterocycles. The van der Waals surface area contributed by atoms with E-state index >= 15 is 0 Å².